The maximum atomic E-state index is 14.2. The van der Waals surface area contributed by atoms with Crippen molar-refractivity contribution >= 4 is 34.3 Å². The first-order valence-corrected chi connectivity index (χ1v) is 11.7. The van der Waals surface area contributed by atoms with E-state index in [1.54, 1.807) is 61.5 Å². The van der Waals surface area contributed by atoms with Gasteiger partial charge in [-0.3, -0.25) is 9.36 Å². The van der Waals surface area contributed by atoms with Gasteiger partial charge < -0.3 is 9.52 Å². The molecule has 0 amide bonds. The number of aromatic hydroxyl groups is 1. The van der Waals surface area contributed by atoms with Crippen molar-refractivity contribution in [2.24, 2.45) is 0 Å². The summed E-state index contributed by atoms with van der Waals surface area (Å²) in [5.74, 6) is -1.01. The Labute approximate surface area is 208 Å². The summed E-state index contributed by atoms with van der Waals surface area (Å²) in [5.41, 5.74) is 0.366. The third-order valence-corrected chi connectivity index (χ3v) is 6.87. The number of fused-ring (bicyclic) bond motifs is 1. The van der Waals surface area contributed by atoms with E-state index in [2.05, 4.69) is 0 Å². The average molecular weight is 506 g/mol. The van der Waals surface area contributed by atoms with Gasteiger partial charge >= 0.3 is 5.63 Å². The van der Waals surface area contributed by atoms with Gasteiger partial charge in [0.25, 0.3) is 5.56 Å². The van der Waals surface area contributed by atoms with Gasteiger partial charge in [0.2, 0.25) is 0 Å². The second-order valence-electron chi connectivity index (χ2n) is 7.79. The van der Waals surface area contributed by atoms with Crippen molar-refractivity contribution in [1.82, 2.24) is 4.57 Å². The molecule has 0 aliphatic carbocycles. The molecule has 0 unspecified atom stereocenters. The van der Waals surface area contributed by atoms with Crippen molar-refractivity contribution < 1.29 is 13.9 Å². The van der Waals surface area contributed by atoms with Gasteiger partial charge in [-0.1, -0.05) is 59.8 Å². The fourth-order valence-corrected chi connectivity index (χ4v) is 4.93. The summed E-state index contributed by atoms with van der Waals surface area (Å²) in [5, 5.41) is 11.5. The molecule has 1 N–H and O–H groups in total. The largest absolute Gasteiger partial charge is 0.505 e. The molecule has 0 bridgehead atoms. The molecular weight excluding hydrogens is 489 g/mol. The first-order valence-electron chi connectivity index (χ1n) is 10.6. The number of aromatic nitrogens is 1. The molecule has 5 aromatic rings. The van der Waals surface area contributed by atoms with Crippen LogP contribution in [0.4, 0.5) is 4.39 Å². The van der Waals surface area contributed by atoms with E-state index < -0.39 is 22.8 Å². The van der Waals surface area contributed by atoms with Gasteiger partial charge in [-0.25, -0.2) is 9.18 Å². The first-order chi connectivity index (χ1) is 16.8. The molecule has 5 rings (SSSR count). The van der Waals surface area contributed by atoms with Crippen LogP contribution in [0.2, 0.25) is 5.02 Å². The van der Waals surface area contributed by atoms with Crippen LogP contribution >= 0.6 is 23.4 Å². The fraction of sp³-hybridized carbons (Fsp3) is 0.0370. The van der Waals surface area contributed by atoms with Crippen LogP contribution < -0.4 is 11.2 Å². The van der Waals surface area contributed by atoms with Crippen LogP contribution in [0.5, 0.6) is 5.75 Å². The van der Waals surface area contributed by atoms with Crippen molar-refractivity contribution in [3.63, 3.8) is 0 Å². The number of benzene rings is 3. The van der Waals surface area contributed by atoms with E-state index in [1.807, 2.05) is 6.07 Å². The minimum atomic E-state index is -0.778. The van der Waals surface area contributed by atoms with E-state index in [-0.39, 0.29) is 21.6 Å². The van der Waals surface area contributed by atoms with Gasteiger partial charge in [0.05, 0.1) is 11.4 Å². The Morgan fingerprint density at radius 2 is 1.69 bits per heavy atom. The Morgan fingerprint density at radius 1 is 0.971 bits per heavy atom. The molecule has 5 nitrogen and oxygen atoms in total. The summed E-state index contributed by atoms with van der Waals surface area (Å²) >= 11 is 6.90. The topological polar surface area (TPSA) is 72.4 Å². The minimum absolute atomic E-state index is 0.0236. The lowest BCUT2D eigenvalue weighted by Gasteiger charge is -2.18. The fourth-order valence-electron chi connectivity index (χ4n) is 3.97. The summed E-state index contributed by atoms with van der Waals surface area (Å²) in [4.78, 5) is 27.3. The van der Waals surface area contributed by atoms with Gasteiger partial charge in [-0.15, -0.1) is 0 Å². The van der Waals surface area contributed by atoms with Crippen LogP contribution in [0.25, 0.3) is 27.9 Å². The minimum Gasteiger partial charge on any atom is -0.505 e. The smallest absolute Gasteiger partial charge is 0.354 e. The number of aryl methyl sites for hydroxylation is 1. The molecule has 0 aliphatic heterocycles. The maximum absolute atomic E-state index is 14.2. The van der Waals surface area contributed by atoms with Crippen molar-refractivity contribution in [3.05, 3.63) is 116 Å². The van der Waals surface area contributed by atoms with Gasteiger partial charge in [-0.05, 0) is 55.0 Å². The summed E-state index contributed by atoms with van der Waals surface area (Å²) in [7, 11) is 0. The molecule has 35 heavy (non-hydrogen) atoms. The number of rotatable bonds is 4. The highest BCUT2D eigenvalue weighted by Crippen LogP contribution is 2.38. The van der Waals surface area contributed by atoms with E-state index in [0.717, 1.165) is 11.8 Å². The molecule has 0 spiro atoms. The summed E-state index contributed by atoms with van der Waals surface area (Å²) in [6.07, 6.45) is 0. The quantitative estimate of drug-likeness (QED) is 0.299. The molecule has 0 aliphatic rings. The van der Waals surface area contributed by atoms with Gasteiger partial charge in [0.15, 0.2) is 11.3 Å². The molecule has 174 valence electrons. The monoisotopic (exact) mass is 505 g/mol. The molecular formula is C27H17ClFNO4S. The van der Waals surface area contributed by atoms with Gasteiger partial charge in [0, 0.05) is 15.5 Å². The molecule has 0 saturated carbocycles. The summed E-state index contributed by atoms with van der Waals surface area (Å²) in [6.45, 7) is 1.69. The highest BCUT2D eigenvalue weighted by molar-refractivity contribution is 7.99. The van der Waals surface area contributed by atoms with Crippen LogP contribution in [0.15, 0.2) is 103 Å². The number of halogens is 2. The van der Waals surface area contributed by atoms with Crippen molar-refractivity contribution in [1.29, 1.82) is 0 Å². The molecule has 0 saturated heterocycles. The lowest BCUT2D eigenvalue weighted by atomic mass is 10.0. The van der Waals surface area contributed by atoms with E-state index in [4.69, 9.17) is 16.0 Å². The maximum Gasteiger partial charge on any atom is 0.354 e. The Hall–Kier alpha value is -3.81. The predicted octanol–water partition coefficient (Wildman–Crippen LogP) is 6.57. The number of pyridine rings is 1. The third kappa shape index (κ3) is 4.13. The van der Waals surface area contributed by atoms with Crippen LogP contribution in [0, 0.1) is 12.7 Å². The molecule has 0 radical (unpaired) electrons. The average Bonchev–Trinajstić information content (AvgIpc) is 2.85. The van der Waals surface area contributed by atoms with Gasteiger partial charge in [-0.2, -0.15) is 0 Å². The van der Waals surface area contributed by atoms with Crippen LogP contribution in [0.1, 0.15) is 5.56 Å². The Morgan fingerprint density at radius 3 is 2.37 bits per heavy atom. The molecule has 8 heteroatoms. The zero-order valence-corrected chi connectivity index (χ0v) is 19.9. The summed E-state index contributed by atoms with van der Waals surface area (Å²) in [6, 6.07) is 21.3. The first kappa shape index (κ1) is 23.0. The molecule has 0 fully saturated rings. The Bertz CT molecular complexity index is 1700. The third-order valence-electron chi connectivity index (χ3n) is 5.54. The standard InChI is InChI=1S/C27H17ClFNO4S/c1-15-22(16-6-3-2-4-7-16)30(19-9-5-8-18(29)14-19)26(32)21-23(31)25(27(33)34-24(15)21)35-20-12-10-17(28)11-13-20/h2-14,31H,1H3. The molecule has 2 heterocycles. The number of nitrogens with zero attached hydrogens (tertiary/aromatic N) is 1. The van der Waals surface area contributed by atoms with E-state index in [1.165, 1.54) is 22.8 Å². The van der Waals surface area contributed by atoms with Crippen molar-refractivity contribution in [2.75, 3.05) is 0 Å². The number of hydrogen-bond donors (Lipinski definition) is 1. The van der Waals surface area contributed by atoms with Crippen LogP contribution in [-0.4, -0.2) is 9.67 Å². The van der Waals surface area contributed by atoms with Crippen molar-refractivity contribution in [3.8, 4) is 22.7 Å². The normalized spacial score (nSPS) is 11.2. The van der Waals surface area contributed by atoms with Crippen LogP contribution in [0.3, 0.4) is 0 Å². The zero-order chi connectivity index (χ0) is 24.7. The molecule has 3 aromatic carbocycles. The van der Waals surface area contributed by atoms with E-state index >= 15 is 0 Å². The molecule has 0 atom stereocenters. The predicted molar refractivity (Wildman–Crippen MR) is 135 cm³/mol. The van der Waals surface area contributed by atoms with Crippen LogP contribution in [-0.2, 0) is 0 Å². The van der Waals surface area contributed by atoms with Gasteiger partial charge in [0.1, 0.15) is 16.1 Å². The summed E-state index contributed by atoms with van der Waals surface area (Å²) < 4.78 is 21.1. The molecule has 2 aromatic heterocycles. The highest BCUT2D eigenvalue weighted by Gasteiger charge is 2.25. The second kappa shape index (κ2) is 9.09. The Balaban J connectivity index is 1.86. The highest BCUT2D eigenvalue weighted by atomic mass is 35.5. The lowest BCUT2D eigenvalue weighted by Crippen LogP contribution is -2.23. The number of hydrogen-bond acceptors (Lipinski definition) is 5. The lowest BCUT2D eigenvalue weighted by molar-refractivity contribution is 0.445. The second-order valence-corrected chi connectivity index (χ2v) is 9.31. The van der Waals surface area contributed by atoms with Crippen molar-refractivity contribution in [2.45, 2.75) is 16.7 Å². The SMILES string of the molecule is Cc1c(-c2ccccc2)n(-c2cccc(F)c2)c(=O)c2c(O)c(Sc3ccc(Cl)cc3)c(=O)oc12. The Kier molecular flexibility index (Phi) is 5.96. The zero-order valence-electron chi connectivity index (χ0n) is 18.3. The van der Waals surface area contributed by atoms with E-state index in [0.29, 0.717) is 26.7 Å². The van der Waals surface area contributed by atoms with E-state index in [9.17, 15) is 19.1 Å².